The number of nitrogens with zero attached hydrogens (tertiary/aromatic N) is 1. The van der Waals surface area contributed by atoms with Crippen molar-refractivity contribution in [2.45, 2.75) is 57.0 Å². The second-order valence-electron chi connectivity index (χ2n) is 8.70. The number of aromatic amines is 1. The Morgan fingerprint density at radius 2 is 1.96 bits per heavy atom. The van der Waals surface area contributed by atoms with Gasteiger partial charge in [0, 0.05) is 24.8 Å². The van der Waals surface area contributed by atoms with Gasteiger partial charge in [-0.3, -0.25) is 9.59 Å². The molecule has 7 heteroatoms. The van der Waals surface area contributed by atoms with Crippen LogP contribution in [0.4, 0.5) is 0 Å². The zero-order valence-corrected chi connectivity index (χ0v) is 15.9. The Labute approximate surface area is 158 Å². The number of hydrogen-bond acceptors (Lipinski definition) is 5. The number of nitrogens with one attached hydrogen (secondary N) is 2. The number of H-pyrrole nitrogens is 1. The fourth-order valence-electron chi connectivity index (χ4n) is 5.85. The van der Waals surface area contributed by atoms with Crippen LogP contribution in [0.1, 0.15) is 61.6 Å². The van der Waals surface area contributed by atoms with E-state index in [-0.39, 0.29) is 24.1 Å². The monoisotopic (exact) mass is 375 g/mol. The normalized spacial score (nSPS) is 32.4. The average molecular weight is 375 g/mol. The summed E-state index contributed by atoms with van der Waals surface area (Å²) in [6.45, 7) is 2.52. The highest BCUT2D eigenvalue weighted by molar-refractivity contribution is 5.93. The first kappa shape index (κ1) is 18.6. The maximum atomic E-state index is 12.5. The molecular weight excluding hydrogens is 346 g/mol. The van der Waals surface area contributed by atoms with E-state index in [4.69, 9.17) is 4.74 Å². The van der Waals surface area contributed by atoms with Crippen LogP contribution in [0.25, 0.3) is 0 Å². The van der Waals surface area contributed by atoms with Crippen molar-refractivity contribution >= 4 is 5.91 Å². The highest BCUT2D eigenvalue weighted by atomic mass is 16.5. The molecule has 4 aliphatic carbocycles. The van der Waals surface area contributed by atoms with E-state index in [1.165, 1.54) is 25.5 Å². The van der Waals surface area contributed by atoms with Gasteiger partial charge in [-0.1, -0.05) is 0 Å². The van der Waals surface area contributed by atoms with Gasteiger partial charge in [0.15, 0.2) is 0 Å². The summed E-state index contributed by atoms with van der Waals surface area (Å²) in [6, 6.07) is 0. The Bertz CT molecular complexity index is 725. The third kappa shape index (κ3) is 3.67. The molecule has 0 unspecified atom stereocenters. The first-order valence-corrected chi connectivity index (χ1v) is 10.1. The quantitative estimate of drug-likeness (QED) is 0.668. The molecule has 7 nitrogen and oxygen atoms in total. The first-order valence-electron chi connectivity index (χ1n) is 10.1. The van der Waals surface area contributed by atoms with E-state index in [1.54, 1.807) is 0 Å². The maximum absolute atomic E-state index is 12.5. The van der Waals surface area contributed by atoms with Crippen molar-refractivity contribution in [3.8, 4) is 0 Å². The van der Waals surface area contributed by atoms with Gasteiger partial charge in [-0.15, -0.1) is 0 Å². The minimum atomic E-state index is -0.799. The molecule has 0 aliphatic heterocycles. The second-order valence-corrected chi connectivity index (χ2v) is 8.70. The number of amides is 1. The van der Waals surface area contributed by atoms with E-state index in [0.717, 1.165) is 42.8 Å². The number of aromatic nitrogens is 2. The molecule has 27 heavy (non-hydrogen) atoms. The van der Waals surface area contributed by atoms with Crippen LogP contribution in [0, 0.1) is 17.8 Å². The van der Waals surface area contributed by atoms with Crippen LogP contribution in [-0.4, -0.2) is 46.8 Å². The Morgan fingerprint density at radius 3 is 2.52 bits per heavy atom. The number of carbonyl (C=O) groups excluding carboxylic acids is 1. The summed E-state index contributed by atoms with van der Waals surface area (Å²) >= 11 is 0. The molecule has 0 saturated heterocycles. The van der Waals surface area contributed by atoms with E-state index in [9.17, 15) is 14.7 Å². The molecule has 148 valence electrons. The van der Waals surface area contributed by atoms with Gasteiger partial charge in [-0.25, -0.2) is 4.98 Å². The summed E-state index contributed by atoms with van der Waals surface area (Å²) in [5, 5.41) is 12.3. The van der Waals surface area contributed by atoms with Crippen molar-refractivity contribution in [3.63, 3.8) is 0 Å². The van der Waals surface area contributed by atoms with Gasteiger partial charge < -0.3 is 20.1 Å². The smallest absolute Gasteiger partial charge is 0.263 e. The van der Waals surface area contributed by atoms with E-state index < -0.39 is 17.6 Å². The third-order valence-electron chi connectivity index (χ3n) is 6.60. The largest absolute Gasteiger partial charge is 0.389 e. The molecular formula is C20H29N3O4. The number of ether oxygens (including phenoxy) is 1. The van der Waals surface area contributed by atoms with E-state index in [2.05, 4.69) is 15.3 Å². The molecule has 4 aliphatic rings. The minimum Gasteiger partial charge on any atom is -0.389 e. The summed E-state index contributed by atoms with van der Waals surface area (Å²) in [4.78, 5) is 32.3. The van der Waals surface area contributed by atoms with Crippen LogP contribution < -0.4 is 10.9 Å². The number of aliphatic hydroxyl groups excluding tert-OH is 1. The highest BCUT2D eigenvalue weighted by Crippen LogP contribution is 2.59. The number of hydrogen-bond donors (Lipinski definition) is 3. The molecule has 1 heterocycles. The Kier molecular flexibility index (Phi) is 5.07. The fourth-order valence-corrected chi connectivity index (χ4v) is 5.85. The Hall–Kier alpha value is -1.73. The molecule has 1 atom stereocenters. The summed E-state index contributed by atoms with van der Waals surface area (Å²) in [6.07, 6.45) is 7.91. The van der Waals surface area contributed by atoms with E-state index in [0.29, 0.717) is 6.61 Å². The van der Waals surface area contributed by atoms with Gasteiger partial charge in [0.05, 0.1) is 12.7 Å². The lowest BCUT2D eigenvalue weighted by molar-refractivity contribution is -0.00954. The molecule has 0 aromatic carbocycles. The predicted octanol–water partition coefficient (Wildman–Crippen LogP) is 1.36. The van der Waals surface area contributed by atoms with Gasteiger partial charge in [-0.05, 0) is 63.2 Å². The van der Waals surface area contributed by atoms with Crippen LogP contribution in [0.5, 0.6) is 0 Å². The second kappa shape index (κ2) is 7.36. The summed E-state index contributed by atoms with van der Waals surface area (Å²) < 4.78 is 5.11. The first-order chi connectivity index (χ1) is 13.0. The molecule has 0 radical (unpaired) electrons. The minimum absolute atomic E-state index is 0.00337. The molecule has 1 aromatic rings. The lowest BCUT2D eigenvalue weighted by Crippen LogP contribution is -2.50. The molecule has 4 fully saturated rings. The van der Waals surface area contributed by atoms with Crippen LogP contribution in [-0.2, 0) is 10.2 Å². The average Bonchev–Trinajstić information content (AvgIpc) is 2.63. The van der Waals surface area contributed by atoms with Gasteiger partial charge >= 0.3 is 0 Å². The van der Waals surface area contributed by atoms with E-state index >= 15 is 0 Å². The zero-order valence-electron chi connectivity index (χ0n) is 15.9. The van der Waals surface area contributed by atoms with E-state index in [1.807, 2.05) is 6.92 Å². The number of carbonyl (C=O) groups is 1. The lowest BCUT2D eigenvalue weighted by atomic mass is 9.49. The fraction of sp³-hybridized carbons (Fsp3) is 0.750. The van der Waals surface area contributed by atoms with Crippen molar-refractivity contribution in [2.24, 2.45) is 17.8 Å². The van der Waals surface area contributed by atoms with Crippen LogP contribution >= 0.6 is 0 Å². The molecule has 0 spiro atoms. The topological polar surface area (TPSA) is 104 Å². The van der Waals surface area contributed by atoms with Crippen molar-refractivity contribution in [3.05, 3.63) is 27.9 Å². The molecule has 3 N–H and O–H groups in total. The maximum Gasteiger partial charge on any atom is 0.263 e. The number of aliphatic hydroxyl groups is 1. The Morgan fingerprint density at radius 1 is 1.33 bits per heavy atom. The standard InChI is InChI=1S/C20H29N3O4/c1-2-27-11-15(24)9-21-17(25)16-10-22-19(23-18(16)26)20-6-12-3-13(7-20)5-14(4-12)8-20/h10,12-15,24H,2-9,11H2,1H3,(H,21,25)(H,22,23,26)/t12?,13?,14?,15-,20?/m0/s1. The van der Waals surface area contributed by atoms with Gasteiger partial charge in [0.2, 0.25) is 0 Å². The third-order valence-corrected chi connectivity index (χ3v) is 6.60. The molecule has 4 saturated carbocycles. The van der Waals surface area contributed by atoms with Gasteiger partial charge in [-0.2, -0.15) is 0 Å². The zero-order chi connectivity index (χ0) is 19.0. The van der Waals surface area contributed by atoms with Gasteiger partial charge in [0.1, 0.15) is 11.4 Å². The van der Waals surface area contributed by atoms with Crippen molar-refractivity contribution < 1.29 is 14.6 Å². The van der Waals surface area contributed by atoms with Crippen molar-refractivity contribution in [1.29, 1.82) is 0 Å². The van der Waals surface area contributed by atoms with Crippen molar-refractivity contribution in [2.75, 3.05) is 19.8 Å². The molecule has 4 bridgehead atoms. The summed E-state index contributed by atoms with van der Waals surface area (Å²) in [7, 11) is 0. The predicted molar refractivity (Wildman–Crippen MR) is 99.5 cm³/mol. The Balaban J connectivity index is 1.45. The highest BCUT2D eigenvalue weighted by Gasteiger charge is 2.52. The van der Waals surface area contributed by atoms with Gasteiger partial charge in [0.25, 0.3) is 11.5 Å². The van der Waals surface area contributed by atoms with Crippen LogP contribution in [0.3, 0.4) is 0 Å². The van der Waals surface area contributed by atoms with Crippen LogP contribution in [0.2, 0.25) is 0 Å². The summed E-state index contributed by atoms with van der Waals surface area (Å²) in [5.74, 6) is 2.53. The molecule has 1 amide bonds. The summed E-state index contributed by atoms with van der Waals surface area (Å²) in [5.41, 5.74) is -0.406. The molecule has 1 aromatic heterocycles. The number of rotatable bonds is 7. The van der Waals surface area contributed by atoms with Crippen LogP contribution in [0.15, 0.2) is 11.0 Å². The SMILES string of the molecule is CCOC[C@@H](O)CNC(=O)c1cnc(C23CC4CC(CC(C4)C2)C3)[nH]c1=O. The van der Waals surface area contributed by atoms with Crippen molar-refractivity contribution in [1.82, 2.24) is 15.3 Å². The lowest BCUT2D eigenvalue weighted by Gasteiger charge is -2.56. The molecule has 5 rings (SSSR count).